The molecule has 3 nitrogen and oxygen atoms in total. The molecule has 2 fully saturated rings. The van der Waals surface area contributed by atoms with E-state index in [1.807, 2.05) is 10.9 Å². The zero-order valence-electron chi connectivity index (χ0n) is 10.4. The number of hydrogen-bond acceptors (Lipinski definition) is 4. The van der Waals surface area contributed by atoms with Crippen LogP contribution in [0.4, 0.5) is 13.2 Å². The predicted octanol–water partition coefficient (Wildman–Crippen LogP) is 2.07. The second-order valence-electron chi connectivity index (χ2n) is 5.50. The van der Waals surface area contributed by atoms with Crippen LogP contribution in [0.5, 0.6) is 0 Å². The molecule has 0 radical (unpaired) electrons. The molecule has 106 valence electrons. The summed E-state index contributed by atoms with van der Waals surface area (Å²) < 4.78 is 37.1. The van der Waals surface area contributed by atoms with Crippen molar-refractivity contribution in [2.75, 3.05) is 32.7 Å². The summed E-state index contributed by atoms with van der Waals surface area (Å²) in [6, 6.07) is 0. The molecule has 2 aliphatic heterocycles. The van der Waals surface area contributed by atoms with E-state index in [-0.39, 0.29) is 0 Å². The third-order valence-electron chi connectivity index (χ3n) is 3.91. The summed E-state index contributed by atoms with van der Waals surface area (Å²) in [6.07, 6.45) is -4.07. The van der Waals surface area contributed by atoms with E-state index in [9.17, 15) is 13.2 Å². The average Bonchev–Trinajstić information content (AvgIpc) is 2.92. The predicted molar refractivity (Wildman–Crippen MR) is 66.9 cm³/mol. The Morgan fingerprint density at radius 1 is 1.16 bits per heavy atom. The molecule has 0 N–H and O–H groups in total. The Labute approximate surface area is 114 Å². The van der Waals surface area contributed by atoms with E-state index in [4.69, 9.17) is 0 Å². The lowest BCUT2D eigenvalue weighted by Gasteiger charge is -2.21. The van der Waals surface area contributed by atoms with E-state index in [2.05, 4.69) is 9.88 Å². The highest BCUT2D eigenvalue weighted by Crippen LogP contribution is 2.33. The first-order chi connectivity index (χ1) is 8.99. The molecule has 2 atom stereocenters. The van der Waals surface area contributed by atoms with Crippen molar-refractivity contribution >= 4 is 11.3 Å². The fraction of sp³-hybridized carbons (Fsp3) is 0.750. The molecule has 0 bridgehead atoms. The summed E-state index contributed by atoms with van der Waals surface area (Å²) in [5.41, 5.74) is 2.88. The van der Waals surface area contributed by atoms with E-state index in [0.717, 1.165) is 25.3 Å². The van der Waals surface area contributed by atoms with Crippen LogP contribution in [-0.4, -0.2) is 53.7 Å². The lowest BCUT2D eigenvalue weighted by molar-refractivity contribution is -0.144. The fourth-order valence-electron chi connectivity index (χ4n) is 3.24. The lowest BCUT2D eigenvalue weighted by atomic mass is 10.0. The number of alkyl halides is 3. The Bertz CT molecular complexity index is 406. The highest BCUT2D eigenvalue weighted by atomic mass is 32.1. The van der Waals surface area contributed by atoms with Gasteiger partial charge in [0.1, 0.15) is 0 Å². The minimum absolute atomic E-state index is 0.390. The molecular formula is C12H16F3N3S. The molecule has 3 heterocycles. The molecule has 0 amide bonds. The molecule has 0 spiro atoms. The largest absolute Gasteiger partial charge is 0.401 e. The highest BCUT2D eigenvalue weighted by Gasteiger charge is 2.43. The Kier molecular flexibility index (Phi) is 3.53. The molecule has 2 saturated heterocycles. The van der Waals surface area contributed by atoms with E-state index in [1.165, 1.54) is 0 Å². The SMILES string of the molecule is FC(F)(F)CN1CC2CN(Cc3cscn3)CC2C1. The van der Waals surface area contributed by atoms with Crippen molar-refractivity contribution < 1.29 is 13.2 Å². The van der Waals surface area contributed by atoms with E-state index >= 15 is 0 Å². The van der Waals surface area contributed by atoms with Crippen molar-refractivity contribution in [2.45, 2.75) is 12.7 Å². The van der Waals surface area contributed by atoms with Crippen LogP contribution < -0.4 is 0 Å². The topological polar surface area (TPSA) is 19.4 Å². The van der Waals surface area contributed by atoms with Gasteiger partial charge in [0.2, 0.25) is 0 Å². The Morgan fingerprint density at radius 3 is 2.32 bits per heavy atom. The number of fused-ring (bicyclic) bond motifs is 1. The first-order valence-electron chi connectivity index (χ1n) is 6.38. The zero-order chi connectivity index (χ0) is 13.5. The first kappa shape index (κ1) is 13.3. The van der Waals surface area contributed by atoms with Gasteiger partial charge in [0.15, 0.2) is 0 Å². The highest BCUT2D eigenvalue weighted by molar-refractivity contribution is 7.07. The van der Waals surface area contributed by atoms with Crippen molar-refractivity contribution in [3.05, 3.63) is 16.6 Å². The van der Waals surface area contributed by atoms with Crippen molar-refractivity contribution in [1.82, 2.24) is 14.8 Å². The number of halogens is 3. The Balaban J connectivity index is 1.50. The van der Waals surface area contributed by atoms with Gasteiger partial charge in [0, 0.05) is 38.1 Å². The monoisotopic (exact) mass is 291 g/mol. The van der Waals surface area contributed by atoms with Crippen LogP contribution >= 0.6 is 11.3 Å². The number of nitrogens with zero attached hydrogens (tertiary/aromatic N) is 3. The van der Waals surface area contributed by atoms with Crippen LogP contribution in [-0.2, 0) is 6.54 Å². The summed E-state index contributed by atoms with van der Waals surface area (Å²) in [5.74, 6) is 0.780. The second kappa shape index (κ2) is 5.03. The molecule has 3 rings (SSSR count). The Morgan fingerprint density at radius 2 is 1.79 bits per heavy atom. The maximum atomic E-state index is 12.4. The van der Waals surface area contributed by atoms with Crippen molar-refractivity contribution in [1.29, 1.82) is 0 Å². The van der Waals surface area contributed by atoms with Crippen molar-refractivity contribution in [3.63, 3.8) is 0 Å². The number of aromatic nitrogens is 1. The van der Waals surface area contributed by atoms with E-state index in [0.29, 0.717) is 24.9 Å². The van der Waals surface area contributed by atoms with Gasteiger partial charge in [0.05, 0.1) is 17.7 Å². The first-order valence-corrected chi connectivity index (χ1v) is 7.32. The molecular weight excluding hydrogens is 275 g/mol. The van der Waals surface area contributed by atoms with Crippen LogP contribution in [0.25, 0.3) is 0 Å². The maximum absolute atomic E-state index is 12.4. The Hall–Kier alpha value is -0.660. The lowest BCUT2D eigenvalue weighted by Crippen LogP contribution is -2.35. The third kappa shape index (κ3) is 3.27. The number of thiazole rings is 1. The summed E-state index contributed by atoms with van der Waals surface area (Å²) in [7, 11) is 0. The van der Waals surface area contributed by atoms with Gasteiger partial charge in [0.25, 0.3) is 0 Å². The van der Waals surface area contributed by atoms with E-state index in [1.54, 1.807) is 16.2 Å². The van der Waals surface area contributed by atoms with Crippen LogP contribution in [0.3, 0.4) is 0 Å². The van der Waals surface area contributed by atoms with Gasteiger partial charge < -0.3 is 0 Å². The van der Waals surface area contributed by atoms with Crippen LogP contribution in [0.15, 0.2) is 10.9 Å². The second-order valence-corrected chi connectivity index (χ2v) is 6.22. The van der Waals surface area contributed by atoms with Gasteiger partial charge in [-0.3, -0.25) is 9.80 Å². The molecule has 1 aromatic rings. The molecule has 0 saturated carbocycles. The molecule has 0 aliphatic carbocycles. The van der Waals surface area contributed by atoms with Gasteiger partial charge in [-0.15, -0.1) is 11.3 Å². The molecule has 2 unspecified atom stereocenters. The summed E-state index contributed by atoms with van der Waals surface area (Å²) in [5, 5.41) is 2.03. The molecule has 2 aliphatic rings. The molecule has 19 heavy (non-hydrogen) atoms. The van der Waals surface area contributed by atoms with Gasteiger partial charge in [-0.2, -0.15) is 13.2 Å². The van der Waals surface area contributed by atoms with Crippen molar-refractivity contribution in [3.8, 4) is 0 Å². The van der Waals surface area contributed by atoms with E-state index < -0.39 is 12.7 Å². The fourth-order valence-corrected chi connectivity index (χ4v) is 3.79. The molecule has 1 aromatic heterocycles. The number of hydrogen-bond donors (Lipinski definition) is 0. The zero-order valence-corrected chi connectivity index (χ0v) is 11.3. The normalized spacial score (nSPS) is 29.0. The number of rotatable bonds is 3. The third-order valence-corrected chi connectivity index (χ3v) is 4.54. The van der Waals surface area contributed by atoms with Gasteiger partial charge in [-0.25, -0.2) is 4.98 Å². The molecule has 0 aromatic carbocycles. The number of likely N-dealkylation sites (tertiary alicyclic amines) is 2. The van der Waals surface area contributed by atoms with Gasteiger partial charge >= 0.3 is 6.18 Å². The van der Waals surface area contributed by atoms with Crippen molar-refractivity contribution in [2.24, 2.45) is 11.8 Å². The van der Waals surface area contributed by atoms with Crippen LogP contribution in [0, 0.1) is 11.8 Å². The summed E-state index contributed by atoms with van der Waals surface area (Å²) in [4.78, 5) is 8.12. The molecule has 7 heteroatoms. The van der Waals surface area contributed by atoms with Crippen LogP contribution in [0.2, 0.25) is 0 Å². The quantitative estimate of drug-likeness (QED) is 0.850. The van der Waals surface area contributed by atoms with Crippen LogP contribution in [0.1, 0.15) is 5.69 Å². The maximum Gasteiger partial charge on any atom is 0.401 e. The summed E-state index contributed by atoms with van der Waals surface area (Å²) in [6.45, 7) is 3.03. The minimum atomic E-state index is -4.07. The smallest absolute Gasteiger partial charge is 0.297 e. The van der Waals surface area contributed by atoms with Gasteiger partial charge in [-0.1, -0.05) is 0 Å². The summed E-state index contributed by atoms with van der Waals surface area (Å²) >= 11 is 1.58. The van der Waals surface area contributed by atoms with Gasteiger partial charge in [-0.05, 0) is 11.8 Å². The average molecular weight is 291 g/mol. The minimum Gasteiger partial charge on any atom is -0.297 e. The standard InChI is InChI=1S/C12H16F3N3S/c13-12(14,15)7-18-3-9-1-17(2-10(9)4-18)5-11-6-19-8-16-11/h6,8-10H,1-5,7H2.